The fraction of sp³-hybridized carbons (Fsp3) is 0. The molecule has 0 fully saturated rings. The first-order valence-corrected chi connectivity index (χ1v) is 5.50. The fourth-order valence-corrected chi connectivity index (χ4v) is 1.83. The standard InChI is InChI=1S/C10H6BrN3O4/c11-7-2-1-6(14(17)18)3-9(7)13-4-8(10(15)16)12-5-13/h1-5H,(H,15,16). The monoisotopic (exact) mass is 311 g/mol. The van der Waals surface area contributed by atoms with E-state index in [-0.39, 0.29) is 11.4 Å². The molecule has 1 heterocycles. The third-order valence-electron chi connectivity index (χ3n) is 2.22. The van der Waals surface area contributed by atoms with Crippen molar-refractivity contribution >= 4 is 27.6 Å². The number of rotatable bonds is 3. The van der Waals surface area contributed by atoms with Crippen LogP contribution in [0.3, 0.4) is 0 Å². The normalized spacial score (nSPS) is 10.3. The van der Waals surface area contributed by atoms with Crippen LogP contribution in [0.15, 0.2) is 35.2 Å². The van der Waals surface area contributed by atoms with Gasteiger partial charge in [-0.1, -0.05) is 0 Å². The Balaban J connectivity index is 2.51. The number of halogens is 1. The van der Waals surface area contributed by atoms with Crippen LogP contribution >= 0.6 is 15.9 Å². The molecule has 0 bridgehead atoms. The number of hydrogen-bond donors (Lipinski definition) is 1. The summed E-state index contributed by atoms with van der Waals surface area (Å²) < 4.78 is 2.00. The van der Waals surface area contributed by atoms with Crippen LogP contribution in [0.4, 0.5) is 5.69 Å². The number of carboxylic acid groups (broad SMARTS) is 1. The number of nitro benzene ring substituents is 1. The maximum atomic E-state index is 10.7. The van der Waals surface area contributed by atoms with Gasteiger partial charge in [0.05, 0.1) is 10.6 Å². The predicted molar refractivity (Wildman–Crippen MR) is 64.9 cm³/mol. The predicted octanol–water partition coefficient (Wildman–Crippen LogP) is 2.24. The minimum Gasteiger partial charge on any atom is -0.476 e. The summed E-state index contributed by atoms with van der Waals surface area (Å²) in [7, 11) is 0. The van der Waals surface area contributed by atoms with E-state index < -0.39 is 10.9 Å². The number of aromatic carboxylic acids is 1. The van der Waals surface area contributed by atoms with Crippen LogP contribution in [-0.4, -0.2) is 25.6 Å². The van der Waals surface area contributed by atoms with E-state index in [1.165, 1.54) is 35.3 Å². The third kappa shape index (κ3) is 2.23. The minimum absolute atomic E-state index is 0.0845. The number of carbonyl (C=O) groups is 1. The molecule has 7 nitrogen and oxygen atoms in total. The lowest BCUT2D eigenvalue weighted by molar-refractivity contribution is -0.384. The summed E-state index contributed by atoms with van der Waals surface area (Å²) in [5, 5.41) is 19.4. The van der Waals surface area contributed by atoms with Crippen molar-refractivity contribution in [1.29, 1.82) is 0 Å². The molecule has 0 aliphatic heterocycles. The van der Waals surface area contributed by atoms with Gasteiger partial charge in [-0.15, -0.1) is 0 Å². The fourth-order valence-electron chi connectivity index (χ4n) is 1.38. The number of benzene rings is 1. The van der Waals surface area contributed by atoms with Gasteiger partial charge >= 0.3 is 5.97 Å². The molecule has 0 amide bonds. The Hall–Kier alpha value is -2.22. The minimum atomic E-state index is -1.16. The molecule has 0 aliphatic carbocycles. The number of nitro groups is 1. The summed E-state index contributed by atoms with van der Waals surface area (Å²) in [4.78, 5) is 24.5. The van der Waals surface area contributed by atoms with E-state index >= 15 is 0 Å². The van der Waals surface area contributed by atoms with Crippen molar-refractivity contribution < 1.29 is 14.8 Å². The first-order valence-electron chi connectivity index (χ1n) is 4.70. The van der Waals surface area contributed by atoms with Crippen molar-refractivity contribution in [1.82, 2.24) is 9.55 Å². The summed E-state index contributed by atoms with van der Waals surface area (Å²) in [6.45, 7) is 0. The molecular weight excluding hydrogens is 306 g/mol. The van der Waals surface area contributed by atoms with Crippen LogP contribution < -0.4 is 0 Å². The van der Waals surface area contributed by atoms with Crippen molar-refractivity contribution in [2.45, 2.75) is 0 Å². The molecule has 2 rings (SSSR count). The molecule has 0 saturated heterocycles. The van der Waals surface area contributed by atoms with E-state index in [9.17, 15) is 14.9 Å². The number of nitrogens with zero attached hydrogens (tertiary/aromatic N) is 3. The number of imidazole rings is 1. The van der Waals surface area contributed by atoms with E-state index in [4.69, 9.17) is 5.11 Å². The molecule has 0 unspecified atom stereocenters. The van der Waals surface area contributed by atoms with E-state index in [1.807, 2.05) is 0 Å². The van der Waals surface area contributed by atoms with Crippen molar-refractivity contribution in [2.24, 2.45) is 0 Å². The molecule has 0 atom stereocenters. The Labute approximate surface area is 109 Å². The molecule has 8 heteroatoms. The maximum absolute atomic E-state index is 10.7. The topological polar surface area (TPSA) is 98.3 Å². The highest BCUT2D eigenvalue weighted by Gasteiger charge is 2.13. The number of carboxylic acids is 1. The van der Waals surface area contributed by atoms with Gasteiger partial charge < -0.3 is 9.67 Å². The molecule has 0 spiro atoms. The second-order valence-electron chi connectivity index (χ2n) is 3.36. The van der Waals surface area contributed by atoms with Crippen molar-refractivity contribution in [3.05, 3.63) is 51.0 Å². The number of aromatic nitrogens is 2. The van der Waals surface area contributed by atoms with Crippen LogP contribution in [0.5, 0.6) is 0 Å². The molecule has 0 saturated carbocycles. The molecule has 2 aromatic rings. The zero-order chi connectivity index (χ0) is 13.3. The zero-order valence-corrected chi connectivity index (χ0v) is 10.4. The summed E-state index contributed by atoms with van der Waals surface area (Å²) in [6.07, 6.45) is 2.57. The van der Waals surface area contributed by atoms with E-state index in [2.05, 4.69) is 20.9 Å². The highest BCUT2D eigenvalue weighted by molar-refractivity contribution is 9.10. The number of non-ortho nitro benzene ring substituents is 1. The molecular formula is C10H6BrN3O4. The summed E-state index contributed by atoms with van der Waals surface area (Å²) in [5.41, 5.74) is 0.233. The van der Waals surface area contributed by atoms with Gasteiger partial charge in [-0.3, -0.25) is 10.1 Å². The summed E-state index contributed by atoms with van der Waals surface area (Å²) in [5.74, 6) is -1.16. The number of hydrogen-bond acceptors (Lipinski definition) is 4. The van der Waals surface area contributed by atoms with Crippen molar-refractivity contribution in [3.63, 3.8) is 0 Å². The largest absolute Gasteiger partial charge is 0.476 e. The highest BCUT2D eigenvalue weighted by atomic mass is 79.9. The molecule has 0 radical (unpaired) electrons. The van der Waals surface area contributed by atoms with Gasteiger partial charge in [0, 0.05) is 22.8 Å². The van der Waals surface area contributed by atoms with Crippen LogP contribution in [0, 0.1) is 10.1 Å². The zero-order valence-electron chi connectivity index (χ0n) is 8.78. The van der Waals surface area contributed by atoms with Gasteiger partial charge in [-0.25, -0.2) is 9.78 Å². The quantitative estimate of drug-likeness (QED) is 0.692. The Morgan fingerprint density at radius 3 is 2.78 bits per heavy atom. The average molecular weight is 312 g/mol. The Morgan fingerprint density at radius 1 is 1.50 bits per heavy atom. The molecule has 1 aromatic carbocycles. The van der Waals surface area contributed by atoms with E-state index in [0.717, 1.165) is 0 Å². The van der Waals surface area contributed by atoms with Crippen molar-refractivity contribution in [2.75, 3.05) is 0 Å². The molecule has 18 heavy (non-hydrogen) atoms. The maximum Gasteiger partial charge on any atom is 0.356 e. The van der Waals surface area contributed by atoms with E-state index in [1.54, 1.807) is 0 Å². The lowest BCUT2D eigenvalue weighted by Crippen LogP contribution is -1.97. The molecule has 1 aromatic heterocycles. The lowest BCUT2D eigenvalue weighted by atomic mass is 10.3. The van der Waals surface area contributed by atoms with Gasteiger partial charge in [0.25, 0.3) is 5.69 Å². The smallest absolute Gasteiger partial charge is 0.356 e. The molecule has 0 aliphatic rings. The first kappa shape index (κ1) is 12.2. The lowest BCUT2D eigenvalue weighted by Gasteiger charge is -2.04. The average Bonchev–Trinajstić information content (AvgIpc) is 2.78. The van der Waals surface area contributed by atoms with Gasteiger partial charge in [0.1, 0.15) is 6.33 Å². The van der Waals surface area contributed by atoms with Gasteiger partial charge in [0.15, 0.2) is 5.69 Å². The highest BCUT2D eigenvalue weighted by Crippen LogP contribution is 2.26. The second kappa shape index (κ2) is 4.57. The SMILES string of the molecule is O=C(O)c1cn(-c2cc([N+](=O)[O-])ccc2Br)cn1. The van der Waals surface area contributed by atoms with Crippen LogP contribution in [0.25, 0.3) is 5.69 Å². The van der Waals surface area contributed by atoms with Crippen molar-refractivity contribution in [3.8, 4) is 5.69 Å². The summed E-state index contributed by atoms with van der Waals surface area (Å²) in [6, 6.07) is 4.20. The van der Waals surface area contributed by atoms with E-state index in [0.29, 0.717) is 10.2 Å². The van der Waals surface area contributed by atoms with Crippen LogP contribution in [-0.2, 0) is 0 Å². The molecule has 1 N–H and O–H groups in total. The Bertz CT molecular complexity index is 638. The first-order chi connectivity index (χ1) is 8.49. The van der Waals surface area contributed by atoms with Crippen LogP contribution in [0.1, 0.15) is 10.5 Å². The summed E-state index contributed by atoms with van der Waals surface area (Å²) >= 11 is 3.24. The van der Waals surface area contributed by atoms with Gasteiger partial charge in [-0.2, -0.15) is 0 Å². The molecule has 92 valence electrons. The Morgan fingerprint density at radius 2 is 2.22 bits per heavy atom. The Kier molecular flexibility index (Phi) is 3.11. The van der Waals surface area contributed by atoms with Gasteiger partial charge in [0.2, 0.25) is 0 Å². The van der Waals surface area contributed by atoms with Gasteiger partial charge in [-0.05, 0) is 22.0 Å². The second-order valence-corrected chi connectivity index (χ2v) is 4.22. The van der Waals surface area contributed by atoms with Crippen LogP contribution in [0.2, 0.25) is 0 Å². The third-order valence-corrected chi connectivity index (χ3v) is 2.89.